The maximum Gasteiger partial charge on any atom is 0.404 e. The highest BCUT2D eigenvalue weighted by Gasteiger charge is 1.92. The second-order valence-electron chi connectivity index (χ2n) is 2.35. The number of hydrogen-bond donors (Lipinski definition) is 3. The molecular formula is C7H16N2O3. The first-order chi connectivity index (χ1) is 5.77. The molecule has 0 unspecified atom stereocenters. The van der Waals surface area contributed by atoms with E-state index in [9.17, 15) is 4.79 Å². The Balaban J connectivity index is 2.86. The molecule has 0 aliphatic rings. The van der Waals surface area contributed by atoms with Crippen molar-refractivity contribution in [1.82, 2.24) is 5.32 Å². The Morgan fingerprint density at radius 1 is 1.42 bits per heavy atom. The number of carbonyl (C=O) groups is 1. The highest BCUT2D eigenvalue weighted by molar-refractivity contribution is 5.64. The molecule has 0 saturated carbocycles. The molecule has 0 aromatic rings. The molecule has 0 radical (unpaired) electrons. The summed E-state index contributed by atoms with van der Waals surface area (Å²) in [5.74, 6) is 0. The number of amides is 1. The third-order valence-electron chi connectivity index (χ3n) is 1.25. The minimum atomic E-state index is -0.731. The van der Waals surface area contributed by atoms with E-state index in [2.05, 4.69) is 10.1 Å². The first-order valence-corrected chi connectivity index (χ1v) is 4.01. The molecule has 5 heteroatoms. The van der Waals surface area contributed by atoms with Gasteiger partial charge in [0.2, 0.25) is 0 Å². The van der Waals surface area contributed by atoms with E-state index in [1.165, 1.54) is 0 Å². The Morgan fingerprint density at radius 2 is 2.08 bits per heavy atom. The Morgan fingerprint density at radius 3 is 2.67 bits per heavy atom. The molecule has 72 valence electrons. The van der Waals surface area contributed by atoms with Crippen LogP contribution >= 0.6 is 0 Å². The quantitative estimate of drug-likeness (QED) is 0.454. The molecule has 0 heterocycles. The van der Waals surface area contributed by atoms with Crippen molar-refractivity contribution in [2.24, 2.45) is 5.73 Å². The number of aliphatic hydroxyl groups excluding tert-OH is 1. The maximum atomic E-state index is 10.1. The van der Waals surface area contributed by atoms with Crippen molar-refractivity contribution >= 4 is 6.09 Å². The van der Waals surface area contributed by atoms with Crippen LogP contribution in [0.2, 0.25) is 0 Å². The van der Waals surface area contributed by atoms with Gasteiger partial charge in [0.05, 0.1) is 6.61 Å². The van der Waals surface area contributed by atoms with E-state index in [4.69, 9.17) is 10.8 Å². The molecule has 0 aliphatic heterocycles. The van der Waals surface area contributed by atoms with Crippen LogP contribution in [0.4, 0.5) is 4.79 Å². The summed E-state index contributed by atoms with van der Waals surface area (Å²) in [6, 6.07) is 0. The molecule has 4 N–H and O–H groups in total. The second kappa shape index (κ2) is 8.29. The fraction of sp³-hybridized carbons (Fsp3) is 0.857. The molecular weight excluding hydrogens is 160 g/mol. The maximum absolute atomic E-state index is 10.1. The van der Waals surface area contributed by atoms with Crippen LogP contribution < -0.4 is 11.1 Å². The third-order valence-corrected chi connectivity index (χ3v) is 1.25. The van der Waals surface area contributed by atoms with Crippen LogP contribution in [0.3, 0.4) is 0 Å². The number of nitrogens with two attached hydrogens (primary N) is 1. The van der Waals surface area contributed by atoms with Gasteiger partial charge in [-0.05, 0) is 25.9 Å². The number of rotatable bonds is 7. The summed E-state index contributed by atoms with van der Waals surface area (Å²) in [6.07, 6.45) is 0.760. The molecule has 0 aromatic heterocycles. The number of carbonyl (C=O) groups excluding carboxylic acids is 1. The fourth-order valence-electron chi connectivity index (χ4n) is 0.699. The topological polar surface area (TPSA) is 84.6 Å². The van der Waals surface area contributed by atoms with Crippen molar-refractivity contribution in [1.29, 1.82) is 0 Å². The highest BCUT2D eigenvalue weighted by Crippen LogP contribution is 1.80. The van der Waals surface area contributed by atoms with Gasteiger partial charge >= 0.3 is 6.09 Å². The van der Waals surface area contributed by atoms with Crippen molar-refractivity contribution in [3.05, 3.63) is 0 Å². The van der Waals surface area contributed by atoms with E-state index in [1.54, 1.807) is 0 Å². The first-order valence-electron chi connectivity index (χ1n) is 4.01. The zero-order valence-electron chi connectivity index (χ0n) is 7.08. The summed E-state index contributed by atoms with van der Waals surface area (Å²) in [5, 5.41) is 11.5. The Bertz CT molecular complexity index is 119. The predicted molar refractivity (Wildman–Crippen MR) is 44.7 cm³/mol. The van der Waals surface area contributed by atoms with Gasteiger partial charge in [0.1, 0.15) is 0 Å². The third kappa shape index (κ3) is 9.19. The molecule has 0 saturated heterocycles. The van der Waals surface area contributed by atoms with Crippen LogP contribution in [-0.4, -0.2) is 37.5 Å². The lowest BCUT2D eigenvalue weighted by molar-refractivity contribution is 0.155. The van der Waals surface area contributed by atoms with Crippen LogP contribution in [0.1, 0.15) is 12.8 Å². The van der Waals surface area contributed by atoms with Gasteiger partial charge in [-0.15, -0.1) is 0 Å². The van der Waals surface area contributed by atoms with Gasteiger partial charge in [0.15, 0.2) is 0 Å². The van der Waals surface area contributed by atoms with Crippen LogP contribution in [0, 0.1) is 0 Å². The van der Waals surface area contributed by atoms with Crippen LogP contribution in [0.15, 0.2) is 0 Å². The average Bonchev–Trinajstić information content (AvgIpc) is 2.02. The SMILES string of the molecule is NC(=O)OCCCNCCCO. The number of hydrogen-bond acceptors (Lipinski definition) is 4. The minimum Gasteiger partial charge on any atom is -0.450 e. The molecule has 0 aromatic carbocycles. The molecule has 0 atom stereocenters. The zero-order chi connectivity index (χ0) is 9.23. The minimum absolute atomic E-state index is 0.199. The molecule has 0 aliphatic carbocycles. The lowest BCUT2D eigenvalue weighted by atomic mass is 10.4. The van der Waals surface area contributed by atoms with Crippen LogP contribution in [-0.2, 0) is 4.74 Å². The molecule has 0 fully saturated rings. The molecule has 0 rings (SSSR count). The van der Waals surface area contributed by atoms with Crippen LogP contribution in [0.5, 0.6) is 0 Å². The van der Waals surface area contributed by atoms with Gasteiger partial charge in [-0.3, -0.25) is 0 Å². The number of aliphatic hydroxyl groups is 1. The Kier molecular flexibility index (Phi) is 7.73. The van der Waals surface area contributed by atoms with Crippen molar-refractivity contribution < 1.29 is 14.6 Å². The standard InChI is InChI=1S/C7H16N2O3/c8-7(11)12-6-2-4-9-3-1-5-10/h9-10H,1-6H2,(H2,8,11). The number of primary amides is 1. The lowest BCUT2D eigenvalue weighted by Crippen LogP contribution is -2.20. The summed E-state index contributed by atoms with van der Waals surface area (Å²) in [6.45, 7) is 2.10. The van der Waals surface area contributed by atoms with Gasteiger partial charge in [-0.2, -0.15) is 0 Å². The summed E-state index contributed by atoms with van der Waals surface area (Å²) in [4.78, 5) is 10.1. The monoisotopic (exact) mass is 176 g/mol. The van der Waals surface area contributed by atoms with E-state index >= 15 is 0 Å². The highest BCUT2D eigenvalue weighted by atomic mass is 16.5. The van der Waals surface area contributed by atoms with E-state index in [1.807, 2.05) is 0 Å². The lowest BCUT2D eigenvalue weighted by Gasteiger charge is -2.02. The number of nitrogens with one attached hydrogen (secondary N) is 1. The van der Waals surface area contributed by atoms with Crippen molar-refractivity contribution in [3.63, 3.8) is 0 Å². The zero-order valence-corrected chi connectivity index (χ0v) is 7.08. The van der Waals surface area contributed by atoms with E-state index in [0.717, 1.165) is 25.9 Å². The normalized spacial score (nSPS) is 9.75. The Hall–Kier alpha value is -0.810. The van der Waals surface area contributed by atoms with Crippen molar-refractivity contribution in [3.8, 4) is 0 Å². The molecule has 5 nitrogen and oxygen atoms in total. The van der Waals surface area contributed by atoms with Gasteiger partial charge in [0.25, 0.3) is 0 Å². The fourth-order valence-corrected chi connectivity index (χ4v) is 0.699. The molecule has 0 spiro atoms. The summed E-state index contributed by atoms with van der Waals surface area (Å²) >= 11 is 0. The van der Waals surface area contributed by atoms with Gasteiger partial charge in [-0.25, -0.2) is 4.79 Å². The Labute approximate surface area is 71.9 Å². The second-order valence-corrected chi connectivity index (χ2v) is 2.35. The summed E-state index contributed by atoms with van der Waals surface area (Å²) < 4.78 is 4.50. The smallest absolute Gasteiger partial charge is 0.404 e. The van der Waals surface area contributed by atoms with Gasteiger partial charge < -0.3 is 20.9 Å². The summed E-state index contributed by atoms with van der Waals surface area (Å²) in [5.41, 5.74) is 4.74. The molecule has 12 heavy (non-hydrogen) atoms. The van der Waals surface area contributed by atoms with E-state index in [-0.39, 0.29) is 6.61 Å². The van der Waals surface area contributed by atoms with Crippen molar-refractivity contribution in [2.75, 3.05) is 26.3 Å². The average molecular weight is 176 g/mol. The summed E-state index contributed by atoms with van der Waals surface area (Å²) in [7, 11) is 0. The first kappa shape index (κ1) is 11.2. The molecule has 1 amide bonds. The molecule has 0 bridgehead atoms. The largest absolute Gasteiger partial charge is 0.450 e. The van der Waals surface area contributed by atoms with E-state index < -0.39 is 6.09 Å². The van der Waals surface area contributed by atoms with Crippen molar-refractivity contribution in [2.45, 2.75) is 12.8 Å². The van der Waals surface area contributed by atoms with Crippen LogP contribution in [0.25, 0.3) is 0 Å². The van der Waals surface area contributed by atoms with E-state index in [0.29, 0.717) is 6.61 Å². The van der Waals surface area contributed by atoms with Gasteiger partial charge in [0, 0.05) is 6.61 Å². The predicted octanol–water partition coefficient (Wildman–Crippen LogP) is -0.556. The number of ether oxygens (including phenoxy) is 1. The van der Waals surface area contributed by atoms with Gasteiger partial charge in [-0.1, -0.05) is 0 Å².